The van der Waals surface area contributed by atoms with E-state index in [1.165, 1.54) is 13.8 Å². The van der Waals surface area contributed by atoms with Gasteiger partial charge in [-0.05, 0) is 121 Å². The average molecular weight is 1950 g/mol. The standard InChI is InChI=1S/C81H140N24O31/c1-11-38(7)61(78(133)96-47(21-26-59(115)116)68(123)94-48(22-27-60(117)118)71(126)104-62(80(135)136)39(8)12-2)103-64(119)40(9)90-66(121)43(16-13-14-28-82)91-74(129)51(32-57(86)112)99-76(131)53(34-107)101-69(124)45(19-24-56(85)111)93-67(122)46(20-25-58(113)114)95-73(128)50(31-37(5)6)98-77(132)54(35-108)102-79(134)63(41(10)109)105-70(125)44(17-15-29-89-81(87)88)92-72(127)49(30-36(3)4)97-75(130)52(33-106)100-65(120)42(83)18-23-55(84)110/h36-54,61-63,106-109H,11-35,82-83H2,1-10H3,(H2,84,110)(H2,85,111)(H2,86,112)(H,90,121)(H,91,129)(H,92,127)(H,93,122)(H,94,123)(H,95,128)(H,96,133)(H,97,130)(H,98,132)(H,99,131)(H,100,120)(H,101,124)(H,102,134)(H,103,119)(H,104,126)(H,105,125)(H,113,114)(H,115,116)(H,117,118)(H,135,136)(H4,87,88,89)/t38-,39-,40-,41+,42-,43-,44-,45-,46-,47-,48-,49-,50-,51-,52-,53-,54-,61-,62-,63-/m0/s1. The van der Waals surface area contributed by atoms with Crippen molar-refractivity contribution >= 4 is 142 Å². The number of carbonyl (C=O) groups is 23. The third-order valence-corrected chi connectivity index (χ3v) is 20.9. The van der Waals surface area contributed by atoms with Crippen molar-refractivity contribution in [1.82, 2.24) is 90.4 Å². The van der Waals surface area contributed by atoms with Crippen molar-refractivity contribution in [2.45, 2.75) is 306 Å². The van der Waals surface area contributed by atoms with Crippen LogP contribution in [0.3, 0.4) is 0 Å². The third-order valence-electron chi connectivity index (χ3n) is 20.9. The van der Waals surface area contributed by atoms with E-state index in [0.29, 0.717) is 0 Å². The number of hydrogen-bond donors (Lipinski definition) is 32. The van der Waals surface area contributed by atoms with Gasteiger partial charge in [0, 0.05) is 38.6 Å². The Hall–Kier alpha value is -13.2. The summed E-state index contributed by atoms with van der Waals surface area (Å²) in [7, 11) is 0. The number of unbranched alkanes of at least 4 members (excludes halogenated alkanes) is 1. The van der Waals surface area contributed by atoms with E-state index in [2.05, 4.69) is 90.4 Å². The highest BCUT2D eigenvalue weighted by atomic mass is 16.4. The van der Waals surface area contributed by atoms with Gasteiger partial charge in [-0.15, -0.1) is 0 Å². The predicted molar refractivity (Wildman–Crippen MR) is 476 cm³/mol. The van der Waals surface area contributed by atoms with Gasteiger partial charge in [0.2, 0.25) is 112 Å². The van der Waals surface area contributed by atoms with Crippen LogP contribution in [0.2, 0.25) is 0 Å². The van der Waals surface area contributed by atoms with Gasteiger partial charge in [0.15, 0.2) is 5.96 Å². The molecule has 0 saturated carbocycles. The average Bonchev–Trinajstić information content (AvgIpc) is 0.856. The Morgan fingerprint density at radius 2 is 0.596 bits per heavy atom. The number of carboxylic acid groups (broad SMARTS) is 4. The van der Waals surface area contributed by atoms with Crippen molar-refractivity contribution in [3.05, 3.63) is 0 Å². The fraction of sp³-hybridized carbons (Fsp3) is 0.704. The quantitative estimate of drug-likeness (QED) is 0.0153. The summed E-state index contributed by atoms with van der Waals surface area (Å²) in [6.07, 6.45) is -9.75. The van der Waals surface area contributed by atoms with E-state index in [1.54, 1.807) is 41.5 Å². The molecular formula is C81H140N24O31. The van der Waals surface area contributed by atoms with Crippen LogP contribution in [-0.4, -0.2) is 325 Å². The molecule has 0 aliphatic carbocycles. The third kappa shape index (κ3) is 48.2. The summed E-state index contributed by atoms with van der Waals surface area (Å²) in [4.78, 5) is 307. The zero-order chi connectivity index (χ0) is 104. The molecule has 38 N–H and O–H groups in total. The summed E-state index contributed by atoms with van der Waals surface area (Å²) in [6.45, 7) is 11.1. The van der Waals surface area contributed by atoms with E-state index in [9.17, 15) is 151 Å². The molecule has 0 fully saturated rings. The number of carboxylic acids is 4. The molecule has 0 rings (SSSR count). The largest absolute Gasteiger partial charge is 0.481 e. The van der Waals surface area contributed by atoms with Gasteiger partial charge in [0.05, 0.1) is 38.4 Å². The summed E-state index contributed by atoms with van der Waals surface area (Å²) in [5.41, 5.74) is 33.0. The topological polar surface area (TPSA) is 939 Å². The van der Waals surface area contributed by atoms with E-state index < -0.39 is 346 Å². The lowest BCUT2D eigenvalue weighted by Gasteiger charge is -2.29. The van der Waals surface area contributed by atoms with E-state index in [-0.39, 0.29) is 89.6 Å². The van der Waals surface area contributed by atoms with E-state index in [4.69, 9.17) is 39.8 Å². The number of nitrogens with one attached hydrogen (secondary N) is 18. The Labute approximate surface area is 783 Å². The minimum Gasteiger partial charge on any atom is -0.481 e. The number of aliphatic carboxylic acids is 4. The molecular weight excluding hydrogens is 1810 g/mol. The lowest BCUT2D eigenvalue weighted by Crippen LogP contribution is -2.62. The van der Waals surface area contributed by atoms with Crippen LogP contribution in [0.15, 0.2) is 0 Å². The maximum atomic E-state index is 14.4. The molecule has 0 aromatic carbocycles. The molecule has 0 unspecified atom stereocenters. The van der Waals surface area contributed by atoms with Crippen molar-refractivity contribution in [1.29, 1.82) is 5.41 Å². The molecule has 0 aliphatic heterocycles. The van der Waals surface area contributed by atoms with Gasteiger partial charge in [-0.25, -0.2) is 4.79 Å². The lowest BCUT2D eigenvalue weighted by molar-refractivity contribution is -0.144. The molecule has 55 heteroatoms. The normalized spacial score (nSPS) is 15.5. The predicted octanol–water partition coefficient (Wildman–Crippen LogP) is -11.9. The van der Waals surface area contributed by atoms with Crippen molar-refractivity contribution in [2.75, 3.05) is 32.9 Å². The van der Waals surface area contributed by atoms with Gasteiger partial charge < -0.3 is 166 Å². The molecule has 55 nitrogen and oxygen atoms in total. The van der Waals surface area contributed by atoms with E-state index in [0.717, 1.165) is 13.8 Å². The molecule has 19 amide bonds. The SMILES string of the molecule is CC[C@H](C)[C@H](NC(=O)[C@H](CCC(=O)O)NC(=O)[C@H](CCC(=O)O)NC(=O)[C@@H](NC(=O)[C@H](C)NC(=O)[C@H](CCCCN)NC(=O)[C@H](CC(N)=O)NC(=O)[C@H](CO)NC(=O)[C@H](CCC(N)=O)NC(=O)[C@H](CCC(=O)O)NC(=O)[C@H](CC(C)C)NC(=O)[C@H](CO)NC(=O)[C@@H](NC(=O)[C@H](CCCNC(=N)N)NC(=O)[C@H](CC(C)C)NC(=O)[C@H](CO)NC(=O)[C@@H](N)CCC(N)=O)[C@@H](C)O)[C@@H](C)CC)C(=O)O. The molecule has 770 valence electrons. The second-order valence-corrected chi connectivity index (χ2v) is 33.4. The Kier molecular flexibility index (Phi) is 57.7. The maximum Gasteiger partial charge on any atom is 0.326 e. The molecule has 0 aliphatic rings. The molecule has 0 aromatic rings. The lowest BCUT2D eigenvalue weighted by atomic mass is 9.97. The molecule has 136 heavy (non-hydrogen) atoms. The number of nitrogens with two attached hydrogens (primary N) is 6. The number of primary amides is 3. The highest BCUT2D eigenvalue weighted by molar-refractivity contribution is 6.02. The first kappa shape index (κ1) is 123. The number of carbonyl (C=O) groups excluding carboxylic acids is 19. The van der Waals surface area contributed by atoms with Crippen LogP contribution < -0.4 is 125 Å². The van der Waals surface area contributed by atoms with Gasteiger partial charge in [-0.1, -0.05) is 68.2 Å². The summed E-state index contributed by atoms with van der Waals surface area (Å²) in [5, 5.41) is 127. The van der Waals surface area contributed by atoms with E-state index in [1.807, 2.05) is 0 Å². The molecule has 0 bridgehead atoms. The highest BCUT2D eigenvalue weighted by Gasteiger charge is 2.41. The van der Waals surface area contributed by atoms with Crippen LogP contribution in [0.4, 0.5) is 0 Å². The molecule has 0 radical (unpaired) electrons. The number of guanidine groups is 1. The zero-order valence-corrected chi connectivity index (χ0v) is 77.8. The molecule has 20 atom stereocenters. The summed E-state index contributed by atoms with van der Waals surface area (Å²) >= 11 is 0. The van der Waals surface area contributed by atoms with Crippen LogP contribution in [0.1, 0.15) is 198 Å². The monoisotopic (exact) mass is 1950 g/mol. The van der Waals surface area contributed by atoms with Gasteiger partial charge >= 0.3 is 23.9 Å². The zero-order valence-electron chi connectivity index (χ0n) is 77.8. The Balaban J connectivity index is 7.15. The van der Waals surface area contributed by atoms with Crippen LogP contribution in [0.25, 0.3) is 0 Å². The minimum atomic E-state index is -2.17. The number of amides is 19. The first-order chi connectivity index (χ1) is 63.5. The molecule has 0 saturated heterocycles. The van der Waals surface area contributed by atoms with Crippen molar-refractivity contribution in [3.63, 3.8) is 0 Å². The summed E-state index contributed by atoms with van der Waals surface area (Å²) in [5.74, 6) is -31.4. The number of hydrogen-bond acceptors (Lipinski definition) is 30. The minimum absolute atomic E-state index is 0.0379. The smallest absolute Gasteiger partial charge is 0.326 e. The van der Waals surface area contributed by atoms with Crippen LogP contribution in [0.5, 0.6) is 0 Å². The Morgan fingerprint density at radius 3 is 0.949 bits per heavy atom. The molecule has 0 spiro atoms. The fourth-order valence-corrected chi connectivity index (χ4v) is 12.8. The van der Waals surface area contributed by atoms with E-state index >= 15 is 0 Å². The first-order valence-corrected chi connectivity index (χ1v) is 44.2. The number of aliphatic hydroxyl groups excluding tert-OH is 4. The van der Waals surface area contributed by atoms with Gasteiger partial charge in [-0.3, -0.25) is 111 Å². The number of aliphatic hydroxyl groups is 4. The number of rotatable bonds is 70. The second kappa shape index (κ2) is 63.9. The van der Waals surface area contributed by atoms with Gasteiger partial charge in [0.1, 0.15) is 96.7 Å². The molecule has 0 heterocycles. The highest BCUT2D eigenvalue weighted by Crippen LogP contribution is 2.17. The Bertz CT molecular complexity index is 4110. The van der Waals surface area contributed by atoms with Gasteiger partial charge in [0.25, 0.3) is 0 Å². The van der Waals surface area contributed by atoms with Crippen molar-refractivity contribution in [3.8, 4) is 0 Å². The maximum absolute atomic E-state index is 14.4. The fourth-order valence-electron chi connectivity index (χ4n) is 12.8. The van der Waals surface area contributed by atoms with Crippen LogP contribution in [0, 0.1) is 29.1 Å². The summed E-state index contributed by atoms with van der Waals surface area (Å²) < 4.78 is 0. The van der Waals surface area contributed by atoms with Crippen molar-refractivity contribution in [2.24, 2.45) is 58.1 Å². The first-order valence-electron chi connectivity index (χ1n) is 44.2. The van der Waals surface area contributed by atoms with Crippen molar-refractivity contribution < 1.29 is 151 Å². The Morgan fingerprint density at radius 1 is 0.309 bits per heavy atom. The molecule has 0 aromatic heterocycles. The van der Waals surface area contributed by atoms with Crippen LogP contribution in [-0.2, 0) is 110 Å². The summed E-state index contributed by atoms with van der Waals surface area (Å²) in [6, 6.07) is -30.2. The second-order valence-electron chi connectivity index (χ2n) is 33.4. The van der Waals surface area contributed by atoms with Gasteiger partial charge in [-0.2, -0.15) is 0 Å². The van der Waals surface area contributed by atoms with Crippen LogP contribution >= 0.6 is 0 Å².